The molecule has 0 aliphatic carbocycles. The molecule has 0 unspecified atom stereocenters. The van der Waals surface area contributed by atoms with Gasteiger partial charge in [0.15, 0.2) is 17.0 Å². The van der Waals surface area contributed by atoms with Crippen molar-refractivity contribution in [3.8, 4) is 5.75 Å². The first-order valence-electron chi connectivity index (χ1n) is 14.8. The van der Waals surface area contributed by atoms with Crippen molar-refractivity contribution in [2.45, 2.75) is 70.9 Å². The van der Waals surface area contributed by atoms with Gasteiger partial charge in [-0.15, -0.1) is 0 Å². The number of aromatic nitrogens is 1. The van der Waals surface area contributed by atoms with Crippen molar-refractivity contribution >= 4 is 17.5 Å². The van der Waals surface area contributed by atoms with Gasteiger partial charge in [0.2, 0.25) is 5.43 Å². The molecule has 0 saturated carbocycles. The summed E-state index contributed by atoms with van der Waals surface area (Å²) in [7, 11) is 0. The lowest BCUT2D eigenvalue weighted by molar-refractivity contribution is -0.0656. The van der Waals surface area contributed by atoms with Crippen molar-refractivity contribution in [1.82, 2.24) is 14.8 Å². The fourth-order valence-electron chi connectivity index (χ4n) is 6.24. The van der Waals surface area contributed by atoms with Gasteiger partial charge in [0.05, 0.1) is 11.8 Å². The summed E-state index contributed by atoms with van der Waals surface area (Å²) in [4.78, 5) is 49.5. The fraction of sp³-hybridized carbons (Fsp3) is 0.394. The van der Waals surface area contributed by atoms with E-state index in [-0.39, 0.29) is 53.6 Å². The van der Waals surface area contributed by atoms with Gasteiger partial charge >= 0.3 is 0 Å². The summed E-state index contributed by atoms with van der Waals surface area (Å²) in [5.41, 5.74) is -0.0367. The first kappa shape index (κ1) is 29.5. The Balaban J connectivity index is 1.45. The maximum Gasteiger partial charge on any atom is 0.274 e. The number of hydrogen-bond donors (Lipinski definition) is 1. The Labute approximate surface area is 253 Å². The topological polar surface area (TPSA) is 102 Å². The molecule has 2 aromatic carbocycles. The average Bonchev–Trinajstić information content (AvgIpc) is 3.40. The number of pyridine rings is 1. The van der Waals surface area contributed by atoms with Crippen LogP contribution in [0.1, 0.15) is 78.0 Å². The van der Waals surface area contributed by atoms with Gasteiger partial charge in [-0.1, -0.05) is 55.4 Å². The number of nitrogens with one attached hydrogen (secondary N) is 1. The normalized spacial score (nSPS) is 22.4. The number of carbonyl (C=O) groups is 2. The zero-order valence-electron chi connectivity index (χ0n) is 24.8. The number of rotatable bonds is 7. The molecule has 0 radical (unpaired) electrons. The number of benzene rings is 2. The molecular weight excluding hydrogens is 570 g/mol. The van der Waals surface area contributed by atoms with Gasteiger partial charge < -0.3 is 24.4 Å². The highest BCUT2D eigenvalue weighted by atomic mass is 19.1. The first-order valence-corrected chi connectivity index (χ1v) is 14.8. The van der Waals surface area contributed by atoms with Crippen LogP contribution in [0.2, 0.25) is 0 Å². The van der Waals surface area contributed by atoms with Gasteiger partial charge in [0, 0.05) is 43.4 Å². The molecule has 3 aliphatic heterocycles. The summed E-state index contributed by atoms with van der Waals surface area (Å²) in [5.74, 6) is -2.79. The van der Waals surface area contributed by atoms with E-state index in [4.69, 9.17) is 9.57 Å². The van der Waals surface area contributed by atoms with Crippen molar-refractivity contribution in [3.63, 3.8) is 0 Å². The lowest BCUT2D eigenvalue weighted by atomic mass is 9.82. The molecule has 1 fully saturated rings. The Kier molecular flexibility index (Phi) is 7.73. The van der Waals surface area contributed by atoms with Crippen LogP contribution >= 0.6 is 0 Å². The van der Waals surface area contributed by atoms with E-state index in [0.29, 0.717) is 25.8 Å². The molecule has 2 amide bonds. The molecular formula is C33H34F2N4O5. The van der Waals surface area contributed by atoms with Crippen LogP contribution in [0.5, 0.6) is 5.75 Å². The van der Waals surface area contributed by atoms with E-state index in [1.807, 2.05) is 51.1 Å². The van der Waals surface area contributed by atoms with Crippen LogP contribution in [0.25, 0.3) is 0 Å². The van der Waals surface area contributed by atoms with Crippen molar-refractivity contribution in [2.75, 3.05) is 6.54 Å². The van der Waals surface area contributed by atoms with Gasteiger partial charge in [0.25, 0.3) is 11.8 Å². The Morgan fingerprint density at radius 3 is 2.66 bits per heavy atom. The van der Waals surface area contributed by atoms with E-state index in [1.165, 1.54) is 12.3 Å². The highest BCUT2D eigenvalue weighted by Crippen LogP contribution is 2.47. The van der Waals surface area contributed by atoms with E-state index in [9.17, 15) is 23.2 Å². The largest absolute Gasteiger partial charge is 0.483 e. The second-order valence-electron chi connectivity index (χ2n) is 12.1. The summed E-state index contributed by atoms with van der Waals surface area (Å²) in [6.45, 7) is 6.08. The Morgan fingerprint density at radius 2 is 1.95 bits per heavy atom. The smallest absolute Gasteiger partial charge is 0.274 e. The molecule has 230 valence electrons. The van der Waals surface area contributed by atoms with Crippen LogP contribution < -0.4 is 15.5 Å². The number of fused-ring (bicyclic) bond motifs is 5. The predicted octanol–water partition coefficient (Wildman–Crippen LogP) is 4.99. The maximum atomic E-state index is 14.3. The number of hydrogen-bond acceptors (Lipinski definition) is 6. The maximum absolute atomic E-state index is 14.3. The SMILES string of the molecule is CC(C)C1=NO[C@@]2(CC[C@H](C)N3C[C@@H]2n2cc(C(=O)NCc4ccc(F)cc4F)c(=O)c(OCc4ccccc4)c2C3=O)C1. The molecule has 3 atom stereocenters. The van der Waals surface area contributed by atoms with Crippen molar-refractivity contribution < 1.29 is 27.9 Å². The molecule has 3 aliphatic rings. The van der Waals surface area contributed by atoms with Crippen LogP contribution in [0.3, 0.4) is 0 Å². The number of oxime groups is 1. The molecule has 9 nitrogen and oxygen atoms in total. The Bertz CT molecular complexity index is 1710. The van der Waals surface area contributed by atoms with E-state index in [2.05, 4.69) is 10.5 Å². The van der Waals surface area contributed by atoms with E-state index in [0.717, 1.165) is 23.4 Å². The third-order valence-electron chi connectivity index (χ3n) is 8.90. The second kappa shape index (κ2) is 11.5. The molecule has 1 saturated heterocycles. The summed E-state index contributed by atoms with van der Waals surface area (Å²) in [6, 6.07) is 11.6. The molecule has 3 aromatic rings. The number of nitrogens with zero attached hydrogens (tertiary/aromatic N) is 3. The minimum atomic E-state index is -0.820. The lowest BCUT2D eigenvalue weighted by Gasteiger charge is -2.42. The van der Waals surface area contributed by atoms with E-state index in [1.54, 1.807) is 9.47 Å². The molecule has 1 aromatic heterocycles. The quantitative estimate of drug-likeness (QED) is 0.410. The van der Waals surface area contributed by atoms with E-state index >= 15 is 0 Å². The zero-order valence-corrected chi connectivity index (χ0v) is 24.8. The lowest BCUT2D eigenvalue weighted by Crippen LogP contribution is -2.52. The van der Waals surface area contributed by atoms with Crippen molar-refractivity contribution in [1.29, 1.82) is 0 Å². The van der Waals surface area contributed by atoms with Crippen LogP contribution in [-0.2, 0) is 18.0 Å². The third-order valence-corrected chi connectivity index (χ3v) is 8.90. The first-order chi connectivity index (χ1) is 21.1. The number of halogens is 2. The second-order valence-corrected chi connectivity index (χ2v) is 12.1. The number of carbonyl (C=O) groups excluding carboxylic acids is 2. The van der Waals surface area contributed by atoms with Gasteiger partial charge in [-0.05, 0) is 37.3 Å². The zero-order chi connectivity index (χ0) is 31.2. The summed E-state index contributed by atoms with van der Waals surface area (Å²) in [5, 5.41) is 7.01. The van der Waals surface area contributed by atoms with Crippen molar-refractivity contribution in [3.05, 3.63) is 99.0 Å². The molecule has 44 heavy (non-hydrogen) atoms. The van der Waals surface area contributed by atoms with Crippen molar-refractivity contribution in [2.24, 2.45) is 11.1 Å². The van der Waals surface area contributed by atoms with E-state index < -0.39 is 34.6 Å². The van der Waals surface area contributed by atoms with Gasteiger partial charge in [-0.25, -0.2) is 8.78 Å². The monoisotopic (exact) mass is 604 g/mol. The molecule has 11 heteroatoms. The molecule has 2 bridgehead atoms. The minimum Gasteiger partial charge on any atom is -0.483 e. The third kappa shape index (κ3) is 5.24. The summed E-state index contributed by atoms with van der Waals surface area (Å²) in [6.07, 6.45) is 3.21. The number of amides is 2. The highest BCUT2D eigenvalue weighted by Gasteiger charge is 2.54. The standard InChI is InChI=1S/C33H34F2N4O5/c1-19(2)26-14-33(44-37-26)12-11-20(3)38-17-27(33)39-16-24(31(41)36-15-22-9-10-23(34)13-25(22)35)29(40)30(28(39)32(38)42)43-18-21-7-5-4-6-8-21/h4-10,13,16,19-20,27H,11-12,14-15,17-18H2,1-3H3,(H,36,41)/t20-,27-,33-/m0/s1. The van der Waals surface area contributed by atoms with Gasteiger partial charge in [-0.3, -0.25) is 14.4 Å². The Morgan fingerprint density at radius 1 is 1.18 bits per heavy atom. The van der Waals surface area contributed by atoms with Crippen LogP contribution in [0.4, 0.5) is 8.78 Å². The fourth-order valence-corrected chi connectivity index (χ4v) is 6.24. The molecule has 1 spiro atoms. The minimum absolute atomic E-state index is 0.00923. The van der Waals surface area contributed by atoms with Gasteiger partial charge in [-0.2, -0.15) is 0 Å². The molecule has 6 rings (SSSR count). The Hall–Kier alpha value is -4.54. The summed E-state index contributed by atoms with van der Waals surface area (Å²) >= 11 is 0. The van der Waals surface area contributed by atoms with Crippen LogP contribution in [0.15, 0.2) is 64.7 Å². The summed E-state index contributed by atoms with van der Waals surface area (Å²) < 4.78 is 35.5. The molecule has 4 heterocycles. The van der Waals surface area contributed by atoms with Crippen LogP contribution in [0, 0.1) is 17.6 Å². The van der Waals surface area contributed by atoms with Crippen LogP contribution in [-0.4, -0.2) is 45.2 Å². The predicted molar refractivity (Wildman–Crippen MR) is 158 cm³/mol. The number of ether oxygens (including phenoxy) is 1. The highest BCUT2D eigenvalue weighted by molar-refractivity contribution is 5.99. The van der Waals surface area contributed by atoms with Gasteiger partial charge in [0.1, 0.15) is 23.8 Å². The molecule has 1 N–H and O–H groups in total. The average molecular weight is 605 g/mol.